The Morgan fingerprint density at radius 2 is 2.00 bits per heavy atom. The van der Waals surface area contributed by atoms with E-state index in [-0.39, 0.29) is 0 Å². The van der Waals surface area contributed by atoms with E-state index in [9.17, 15) is 5.26 Å². The summed E-state index contributed by atoms with van der Waals surface area (Å²) in [5, 5.41) is 10.4. The first-order chi connectivity index (χ1) is 10.0. The van der Waals surface area contributed by atoms with Gasteiger partial charge in [-0.1, -0.05) is 45.2 Å². The lowest BCUT2D eigenvalue weighted by atomic mass is 10.0. The number of methoxy groups -OCH3 is 1. The van der Waals surface area contributed by atoms with Gasteiger partial charge in [-0.3, -0.25) is 0 Å². The SMILES string of the molecule is COc1ccc(Br)cc1/C=C(\C#N)c1ccc(Cl)cc1Cl. The Kier molecular flexibility index (Phi) is 5.30. The van der Waals surface area contributed by atoms with E-state index in [2.05, 4.69) is 22.0 Å². The summed E-state index contributed by atoms with van der Waals surface area (Å²) in [7, 11) is 1.59. The van der Waals surface area contributed by atoms with Gasteiger partial charge in [-0.2, -0.15) is 5.26 Å². The molecule has 0 radical (unpaired) electrons. The van der Waals surface area contributed by atoms with Gasteiger partial charge in [0.05, 0.1) is 23.8 Å². The Hall–Kier alpha value is -1.47. The zero-order valence-corrected chi connectivity index (χ0v) is 14.1. The summed E-state index contributed by atoms with van der Waals surface area (Å²) in [5.41, 5.74) is 1.85. The highest BCUT2D eigenvalue weighted by atomic mass is 79.9. The molecule has 2 rings (SSSR count). The fourth-order valence-corrected chi connectivity index (χ4v) is 2.74. The van der Waals surface area contributed by atoms with Crippen LogP contribution in [0.2, 0.25) is 10.0 Å². The van der Waals surface area contributed by atoms with Crippen LogP contribution in [0.3, 0.4) is 0 Å². The van der Waals surface area contributed by atoms with Gasteiger partial charge in [-0.25, -0.2) is 0 Å². The van der Waals surface area contributed by atoms with E-state index in [4.69, 9.17) is 27.9 Å². The van der Waals surface area contributed by atoms with Gasteiger partial charge in [0.1, 0.15) is 5.75 Å². The van der Waals surface area contributed by atoms with Crippen LogP contribution in [0, 0.1) is 11.3 Å². The molecule has 0 atom stereocenters. The number of ether oxygens (including phenoxy) is 1. The second-order valence-electron chi connectivity index (χ2n) is 4.18. The van der Waals surface area contributed by atoms with Crippen LogP contribution in [0.5, 0.6) is 5.75 Å². The second-order valence-corrected chi connectivity index (χ2v) is 5.94. The minimum atomic E-state index is 0.435. The lowest BCUT2D eigenvalue weighted by molar-refractivity contribution is 0.414. The van der Waals surface area contributed by atoms with Gasteiger partial charge in [-0.15, -0.1) is 0 Å². The molecule has 0 aliphatic carbocycles. The molecule has 0 aromatic heterocycles. The molecule has 106 valence electrons. The van der Waals surface area contributed by atoms with Gasteiger partial charge in [0, 0.05) is 20.6 Å². The van der Waals surface area contributed by atoms with Crippen molar-refractivity contribution in [2.75, 3.05) is 7.11 Å². The Balaban J connectivity index is 2.56. The minimum Gasteiger partial charge on any atom is -0.496 e. The zero-order chi connectivity index (χ0) is 15.4. The molecule has 0 N–H and O–H groups in total. The minimum absolute atomic E-state index is 0.435. The molecule has 0 saturated heterocycles. The molecule has 0 saturated carbocycles. The molecule has 2 aromatic rings. The van der Waals surface area contributed by atoms with E-state index in [1.807, 2.05) is 18.2 Å². The fourth-order valence-electron chi connectivity index (χ4n) is 1.85. The van der Waals surface area contributed by atoms with Gasteiger partial charge in [0.15, 0.2) is 0 Å². The van der Waals surface area contributed by atoms with Gasteiger partial charge in [0.2, 0.25) is 0 Å². The highest BCUT2D eigenvalue weighted by Gasteiger charge is 2.09. The quantitative estimate of drug-likeness (QED) is 0.494. The summed E-state index contributed by atoms with van der Waals surface area (Å²) in [6.07, 6.45) is 1.73. The molecular weight excluding hydrogens is 373 g/mol. The zero-order valence-electron chi connectivity index (χ0n) is 11.0. The summed E-state index contributed by atoms with van der Waals surface area (Å²) < 4.78 is 6.20. The molecule has 2 nitrogen and oxygen atoms in total. The van der Waals surface area contributed by atoms with E-state index in [1.54, 1.807) is 31.4 Å². The number of allylic oxidation sites excluding steroid dienone is 1. The Bertz CT molecular complexity index is 750. The van der Waals surface area contributed by atoms with E-state index in [1.165, 1.54) is 0 Å². The van der Waals surface area contributed by atoms with Crippen LogP contribution >= 0.6 is 39.1 Å². The molecular formula is C16H10BrCl2NO. The highest BCUT2D eigenvalue weighted by Crippen LogP contribution is 2.31. The van der Waals surface area contributed by atoms with Crippen molar-refractivity contribution in [2.45, 2.75) is 0 Å². The van der Waals surface area contributed by atoms with Gasteiger partial charge < -0.3 is 4.74 Å². The van der Waals surface area contributed by atoms with Crippen molar-refractivity contribution in [3.8, 4) is 11.8 Å². The van der Waals surface area contributed by atoms with E-state index in [0.29, 0.717) is 26.9 Å². The lowest BCUT2D eigenvalue weighted by Crippen LogP contribution is -1.89. The summed E-state index contributed by atoms with van der Waals surface area (Å²) >= 11 is 15.4. The molecule has 21 heavy (non-hydrogen) atoms. The molecule has 2 aromatic carbocycles. The third kappa shape index (κ3) is 3.79. The van der Waals surface area contributed by atoms with Crippen molar-refractivity contribution in [1.29, 1.82) is 5.26 Å². The topological polar surface area (TPSA) is 33.0 Å². The third-order valence-electron chi connectivity index (χ3n) is 2.83. The van der Waals surface area contributed by atoms with Crippen LogP contribution in [0.25, 0.3) is 11.6 Å². The summed E-state index contributed by atoms with van der Waals surface area (Å²) in [6.45, 7) is 0. The smallest absolute Gasteiger partial charge is 0.126 e. The Labute approximate surface area is 141 Å². The number of hydrogen-bond donors (Lipinski definition) is 0. The van der Waals surface area contributed by atoms with Crippen LogP contribution < -0.4 is 4.74 Å². The predicted octanol–water partition coefficient (Wildman–Crippen LogP) is 5.83. The number of benzene rings is 2. The average molecular weight is 383 g/mol. The van der Waals surface area contributed by atoms with Crippen LogP contribution in [0.1, 0.15) is 11.1 Å². The first kappa shape index (κ1) is 15.9. The number of hydrogen-bond acceptors (Lipinski definition) is 2. The molecule has 0 aliphatic rings. The van der Waals surface area contributed by atoms with Crippen LogP contribution in [0.15, 0.2) is 40.9 Å². The first-order valence-corrected chi connectivity index (χ1v) is 7.51. The number of rotatable bonds is 3. The second kappa shape index (κ2) is 7.00. The van der Waals surface area contributed by atoms with Crippen molar-refractivity contribution in [2.24, 2.45) is 0 Å². The average Bonchev–Trinajstić information content (AvgIpc) is 2.45. The number of nitriles is 1. The van der Waals surface area contributed by atoms with Crippen molar-refractivity contribution in [3.05, 3.63) is 62.0 Å². The van der Waals surface area contributed by atoms with Crippen LogP contribution in [0.4, 0.5) is 0 Å². The van der Waals surface area contributed by atoms with Crippen molar-refractivity contribution >= 4 is 50.8 Å². The summed E-state index contributed by atoms with van der Waals surface area (Å²) in [5.74, 6) is 0.677. The molecule has 0 amide bonds. The summed E-state index contributed by atoms with van der Waals surface area (Å²) in [6, 6.07) is 12.8. The molecule has 0 fully saturated rings. The summed E-state index contributed by atoms with van der Waals surface area (Å²) in [4.78, 5) is 0. The normalized spacial score (nSPS) is 11.1. The largest absolute Gasteiger partial charge is 0.496 e. The molecule has 0 unspecified atom stereocenters. The van der Waals surface area contributed by atoms with Crippen molar-refractivity contribution in [3.63, 3.8) is 0 Å². The van der Waals surface area contributed by atoms with E-state index < -0.39 is 0 Å². The van der Waals surface area contributed by atoms with Gasteiger partial charge in [-0.05, 0) is 36.4 Å². The Morgan fingerprint density at radius 1 is 1.24 bits per heavy atom. The first-order valence-electron chi connectivity index (χ1n) is 5.96. The maximum absolute atomic E-state index is 9.40. The van der Waals surface area contributed by atoms with Crippen molar-refractivity contribution < 1.29 is 4.74 Å². The monoisotopic (exact) mass is 381 g/mol. The van der Waals surface area contributed by atoms with Crippen LogP contribution in [-0.2, 0) is 0 Å². The van der Waals surface area contributed by atoms with Gasteiger partial charge in [0.25, 0.3) is 0 Å². The van der Waals surface area contributed by atoms with E-state index in [0.717, 1.165) is 10.0 Å². The van der Waals surface area contributed by atoms with Gasteiger partial charge >= 0.3 is 0 Å². The Morgan fingerprint density at radius 3 is 2.62 bits per heavy atom. The third-order valence-corrected chi connectivity index (χ3v) is 3.87. The number of halogens is 3. The standard InChI is InChI=1S/C16H10BrCl2NO/c1-21-16-5-2-12(17)7-10(16)6-11(9-20)14-4-3-13(18)8-15(14)19/h2-8H,1H3/b11-6+. The van der Waals surface area contributed by atoms with Crippen molar-refractivity contribution in [1.82, 2.24) is 0 Å². The molecule has 0 heterocycles. The molecule has 5 heteroatoms. The van der Waals surface area contributed by atoms with Crippen LogP contribution in [-0.4, -0.2) is 7.11 Å². The molecule has 0 aliphatic heterocycles. The lowest BCUT2D eigenvalue weighted by Gasteiger charge is -2.07. The molecule has 0 bridgehead atoms. The predicted molar refractivity (Wildman–Crippen MR) is 90.6 cm³/mol. The molecule has 0 spiro atoms. The highest BCUT2D eigenvalue weighted by molar-refractivity contribution is 9.10. The number of nitrogens with zero attached hydrogens (tertiary/aromatic N) is 1. The maximum atomic E-state index is 9.40. The fraction of sp³-hybridized carbons (Fsp3) is 0.0625. The van der Waals surface area contributed by atoms with E-state index >= 15 is 0 Å². The maximum Gasteiger partial charge on any atom is 0.126 e.